The second-order valence-corrected chi connectivity index (χ2v) is 8.35. The molecule has 1 aromatic heterocycles. The van der Waals surface area contributed by atoms with E-state index in [0.717, 1.165) is 27.4 Å². The largest absolute Gasteiger partial charge is 0.454 e. The highest BCUT2D eigenvalue weighted by Gasteiger charge is 2.57. The molecule has 3 aromatic carbocycles. The Kier molecular flexibility index (Phi) is 5.57. The van der Waals surface area contributed by atoms with Gasteiger partial charge in [-0.25, -0.2) is 0 Å². The first-order valence-electron chi connectivity index (χ1n) is 10.7. The summed E-state index contributed by atoms with van der Waals surface area (Å²) in [6, 6.07) is 19.4. The third kappa shape index (κ3) is 3.76. The number of aromatic nitrogens is 1. The lowest BCUT2D eigenvalue weighted by Crippen LogP contribution is -2.69. The Bertz CT molecular complexity index is 1290. The van der Waals surface area contributed by atoms with Crippen molar-refractivity contribution in [1.29, 1.82) is 0 Å². The number of aliphatic hydroxyl groups is 5. The standard InChI is InChI=1S/C25H25NO7/c27-13-20-22(28)23(29)25(31,24(30)32-20)33-19-7-3-6-18-21(19)17(12-26-18)11-14-8-9-15-4-1-2-5-16(15)10-14/h1-10,12,20,22-24,26-31H,11,13H2/t20-,22-,23+,24-,25+/m1/s1. The van der Waals surface area contributed by atoms with E-state index in [9.17, 15) is 25.5 Å². The summed E-state index contributed by atoms with van der Waals surface area (Å²) in [6.07, 6.45) is -4.42. The predicted molar refractivity (Wildman–Crippen MR) is 121 cm³/mol. The molecule has 0 unspecified atom stereocenters. The van der Waals surface area contributed by atoms with E-state index in [1.807, 2.05) is 30.5 Å². The number of hydrogen-bond acceptors (Lipinski definition) is 7. The van der Waals surface area contributed by atoms with Gasteiger partial charge in [-0.15, -0.1) is 0 Å². The summed E-state index contributed by atoms with van der Waals surface area (Å²) in [6.45, 7) is -0.644. The van der Waals surface area contributed by atoms with E-state index in [1.54, 1.807) is 12.1 Å². The van der Waals surface area contributed by atoms with Gasteiger partial charge in [0, 0.05) is 17.1 Å². The van der Waals surface area contributed by atoms with E-state index in [2.05, 4.69) is 29.2 Å². The number of aliphatic hydroxyl groups excluding tert-OH is 4. The molecule has 0 radical (unpaired) electrons. The SMILES string of the molecule is OC[C@H]1O[C@@H](O)[C@@](O)(Oc2cccc3[nH]cc(Cc4ccc5ccccc5c4)c23)[C@@H](O)[C@@H]1O. The Morgan fingerprint density at radius 2 is 1.76 bits per heavy atom. The molecule has 5 rings (SSSR count). The molecule has 2 heterocycles. The lowest BCUT2D eigenvalue weighted by Gasteiger charge is -2.45. The van der Waals surface area contributed by atoms with Crippen molar-refractivity contribution in [3.05, 3.63) is 78.0 Å². The molecule has 0 bridgehead atoms. The van der Waals surface area contributed by atoms with Crippen molar-refractivity contribution in [1.82, 2.24) is 4.98 Å². The smallest absolute Gasteiger partial charge is 0.288 e. The molecule has 6 N–H and O–H groups in total. The van der Waals surface area contributed by atoms with Crippen LogP contribution in [0.2, 0.25) is 0 Å². The summed E-state index contributed by atoms with van der Waals surface area (Å²) >= 11 is 0. The monoisotopic (exact) mass is 451 g/mol. The van der Waals surface area contributed by atoms with Gasteiger partial charge in [-0.1, -0.05) is 48.5 Å². The molecule has 4 aromatic rings. The van der Waals surface area contributed by atoms with Crippen LogP contribution in [0, 0.1) is 0 Å². The molecule has 0 spiro atoms. The Morgan fingerprint density at radius 3 is 2.55 bits per heavy atom. The predicted octanol–water partition coefficient (Wildman–Crippen LogP) is 1.41. The van der Waals surface area contributed by atoms with E-state index in [1.165, 1.54) is 0 Å². The van der Waals surface area contributed by atoms with Gasteiger partial charge in [0.15, 0.2) is 6.10 Å². The number of benzene rings is 3. The van der Waals surface area contributed by atoms with Gasteiger partial charge in [0.1, 0.15) is 18.0 Å². The molecule has 8 nitrogen and oxygen atoms in total. The molecule has 5 atom stereocenters. The molecular formula is C25H25NO7. The second kappa shape index (κ2) is 8.42. The normalized spacial score (nSPS) is 27.8. The van der Waals surface area contributed by atoms with E-state index in [0.29, 0.717) is 11.8 Å². The Morgan fingerprint density at radius 1 is 0.970 bits per heavy atom. The van der Waals surface area contributed by atoms with Crippen LogP contribution in [0.15, 0.2) is 66.9 Å². The summed E-state index contributed by atoms with van der Waals surface area (Å²) < 4.78 is 10.8. The number of ether oxygens (including phenoxy) is 2. The lowest BCUT2D eigenvalue weighted by atomic mass is 9.95. The lowest BCUT2D eigenvalue weighted by molar-refractivity contribution is -0.385. The molecule has 172 valence electrons. The van der Waals surface area contributed by atoms with Crippen LogP contribution in [0.3, 0.4) is 0 Å². The Balaban J connectivity index is 1.50. The highest BCUT2D eigenvalue weighted by molar-refractivity contribution is 5.90. The van der Waals surface area contributed by atoms with Gasteiger partial charge < -0.3 is 40.0 Å². The van der Waals surface area contributed by atoms with Gasteiger partial charge in [-0.05, 0) is 40.5 Å². The molecule has 1 fully saturated rings. The number of hydrogen-bond donors (Lipinski definition) is 6. The fourth-order valence-electron chi connectivity index (χ4n) is 4.39. The minimum absolute atomic E-state index is 0.198. The highest BCUT2D eigenvalue weighted by atomic mass is 16.7. The van der Waals surface area contributed by atoms with Crippen LogP contribution in [0.1, 0.15) is 11.1 Å². The summed E-state index contributed by atoms with van der Waals surface area (Å²) in [5, 5.41) is 54.1. The van der Waals surface area contributed by atoms with Gasteiger partial charge in [0.05, 0.1) is 6.61 Å². The zero-order valence-corrected chi connectivity index (χ0v) is 17.6. The number of fused-ring (bicyclic) bond motifs is 2. The molecular weight excluding hydrogens is 426 g/mol. The first-order chi connectivity index (χ1) is 15.9. The average Bonchev–Trinajstić information content (AvgIpc) is 3.24. The fourth-order valence-corrected chi connectivity index (χ4v) is 4.39. The minimum atomic E-state index is -2.64. The molecule has 0 amide bonds. The molecule has 1 aliphatic heterocycles. The van der Waals surface area contributed by atoms with Crippen molar-refractivity contribution in [2.24, 2.45) is 0 Å². The van der Waals surface area contributed by atoms with Crippen LogP contribution in [-0.4, -0.2) is 67.5 Å². The topological polar surface area (TPSA) is 135 Å². The molecule has 1 aliphatic rings. The van der Waals surface area contributed by atoms with Crippen molar-refractivity contribution in [3.8, 4) is 5.75 Å². The van der Waals surface area contributed by atoms with Gasteiger partial charge in [0.25, 0.3) is 5.79 Å². The van der Waals surface area contributed by atoms with E-state index in [-0.39, 0.29) is 5.75 Å². The van der Waals surface area contributed by atoms with Crippen LogP contribution in [0.5, 0.6) is 5.75 Å². The maximum Gasteiger partial charge on any atom is 0.288 e. The van der Waals surface area contributed by atoms with E-state index < -0.39 is 37.0 Å². The summed E-state index contributed by atoms with van der Waals surface area (Å²) in [5.74, 6) is -2.44. The molecule has 8 heteroatoms. The molecule has 1 saturated heterocycles. The average molecular weight is 451 g/mol. The molecule has 33 heavy (non-hydrogen) atoms. The fraction of sp³-hybridized carbons (Fsp3) is 0.280. The van der Waals surface area contributed by atoms with Crippen molar-refractivity contribution in [3.63, 3.8) is 0 Å². The summed E-state index contributed by atoms with van der Waals surface area (Å²) in [5.41, 5.74) is 2.70. The maximum atomic E-state index is 10.9. The van der Waals surface area contributed by atoms with Crippen LogP contribution >= 0.6 is 0 Å². The molecule has 0 saturated carbocycles. The maximum absolute atomic E-state index is 10.9. The van der Waals surface area contributed by atoms with E-state index in [4.69, 9.17) is 9.47 Å². The summed E-state index contributed by atoms with van der Waals surface area (Å²) in [7, 11) is 0. The van der Waals surface area contributed by atoms with E-state index >= 15 is 0 Å². The van der Waals surface area contributed by atoms with Gasteiger partial charge in [0.2, 0.25) is 6.29 Å². The number of rotatable bonds is 5. The Hall–Kier alpha value is -2.98. The minimum Gasteiger partial charge on any atom is -0.454 e. The van der Waals surface area contributed by atoms with Gasteiger partial charge in [-0.2, -0.15) is 0 Å². The third-order valence-corrected chi connectivity index (χ3v) is 6.20. The zero-order valence-electron chi connectivity index (χ0n) is 17.6. The first kappa shape index (κ1) is 21.8. The van der Waals surface area contributed by atoms with Crippen LogP contribution < -0.4 is 4.74 Å². The Labute approximate surface area is 189 Å². The van der Waals surface area contributed by atoms with Crippen molar-refractivity contribution < 1.29 is 35.0 Å². The third-order valence-electron chi connectivity index (χ3n) is 6.20. The van der Waals surface area contributed by atoms with Crippen LogP contribution in [0.4, 0.5) is 0 Å². The van der Waals surface area contributed by atoms with Crippen LogP contribution in [0.25, 0.3) is 21.7 Å². The van der Waals surface area contributed by atoms with Crippen molar-refractivity contribution >= 4 is 21.7 Å². The number of H-pyrrole nitrogens is 1. The number of nitrogens with one attached hydrogen (secondary N) is 1. The summed E-state index contributed by atoms with van der Waals surface area (Å²) in [4.78, 5) is 3.18. The van der Waals surface area contributed by atoms with Crippen molar-refractivity contribution in [2.75, 3.05) is 6.61 Å². The quantitative estimate of drug-likeness (QED) is 0.253. The zero-order chi connectivity index (χ0) is 23.2. The number of aromatic amines is 1. The van der Waals surface area contributed by atoms with Gasteiger partial charge in [-0.3, -0.25) is 0 Å². The highest BCUT2D eigenvalue weighted by Crippen LogP contribution is 2.37. The van der Waals surface area contributed by atoms with Crippen LogP contribution in [-0.2, 0) is 11.2 Å². The van der Waals surface area contributed by atoms with Gasteiger partial charge >= 0.3 is 0 Å². The first-order valence-corrected chi connectivity index (χ1v) is 10.7. The molecule has 0 aliphatic carbocycles. The second-order valence-electron chi connectivity index (χ2n) is 8.35. The van der Waals surface area contributed by atoms with Crippen molar-refractivity contribution in [2.45, 2.75) is 36.8 Å².